The molecule has 5 nitrogen and oxygen atoms in total. The molecule has 2 aromatic rings. The van der Waals surface area contributed by atoms with Crippen LogP contribution in [-0.4, -0.2) is 53.7 Å². The van der Waals surface area contributed by atoms with E-state index in [-0.39, 0.29) is 18.0 Å². The van der Waals surface area contributed by atoms with Gasteiger partial charge in [0.25, 0.3) is 0 Å². The van der Waals surface area contributed by atoms with Crippen molar-refractivity contribution >= 4 is 33.3 Å². The second-order valence-corrected chi connectivity index (χ2v) is 9.53. The van der Waals surface area contributed by atoms with Crippen molar-refractivity contribution < 1.29 is 19.4 Å². The molecule has 1 saturated heterocycles. The van der Waals surface area contributed by atoms with Crippen LogP contribution < -0.4 is 9.47 Å². The van der Waals surface area contributed by atoms with E-state index < -0.39 is 6.10 Å². The van der Waals surface area contributed by atoms with E-state index in [4.69, 9.17) is 21.1 Å². The lowest BCUT2D eigenvalue weighted by atomic mass is 9.87. The van der Waals surface area contributed by atoms with E-state index in [2.05, 4.69) is 20.8 Å². The Morgan fingerprint density at radius 1 is 1.30 bits per heavy atom. The van der Waals surface area contributed by atoms with Crippen LogP contribution in [0, 0.1) is 0 Å². The van der Waals surface area contributed by atoms with Crippen LogP contribution in [0.3, 0.4) is 0 Å². The number of ketones is 1. The van der Waals surface area contributed by atoms with Crippen LogP contribution in [0.15, 0.2) is 40.9 Å². The molecule has 0 aliphatic carbocycles. The van der Waals surface area contributed by atoms with Gasteiger partial charge in [0.15, 0.2) is 5.78 Å². The number of halogens is 2. The number of hydrogen-bond acceptors (Lipinski definition) is 5. The molecule has 0 bridgehead atoms. The van der Waals surface area contributed by atoms with Gasteiger partial charge in [0.05, 0.1) is 5.56 Å². The summed E-state index contributed by atoms with van der Waals surface area (Å²) in [5, 5.41) is 11.2. The summed E-state index contributed by atoms with van der Waals surface area (Å²) in [6.07, 6.45) is 2.07. The summed E-state index contributed by atoms with van der Waals surface area (Å²) in [4.78, 5) is 14.0. The van der Waals surface area contributed by atoms with Crippen molar-refractivity contribution in [2.45, 2.75) is 37.9 Å². The highest BCUT2D eigenvalue weighted by Crippen LogP contribution is 2.41. The van der Waals surface area contributed by atoms with Crippen LogP contribution in [0.1, 0.15) is 35.7 Å². The van der Waals surface area contributed by atoms with Crippen LogP contribution in [0.4, 0.5) is 0 Å². The molecule has 30 heavy (non-hydrogen) atoms. The molecule has 0 radical (unpaired) electrons. The van der Waals surface area contributed by atoms with Gasteiger partial charge in [0, 0.05) is 48.4 Å². The van der Waals surface area contributed by atoms with E-state index in [1.165, 1.54) is 12.5 Å². The third kappa shape index (κ3) is 4.83. The average Bonchev–Trinajstić information content (AvgIpc) is 3.05. The first-order valence-electron chi connectivity index (χ1n) is 10.1. The van der Waals surface area contributed by atoms with Crippen LogP contribution in [0.2, 0.25) is 5.02 Å². The zero-order valence-electron chi connectivity index (χ0n) is 16.9. The first-order chi connectivity index (χ1) is 14.3. The second-order valence-electron chi connectivity index (χ2n) is 8.18. The van der Waals surface area contributed by atoms with Crippen molar-refractivity contribution in [3.63, 3.8) is 0 Å². The zero-order chi connectivity index (χ0) is 21.3. The van der Waals surface area contributed by atoms with Crippen LogP contribution in [-0.2, 0) is 6.42 Å². The van der Waals surface area contributed by atoms with Crippen molar-refractivity contribution in [2.24, 2.45) is 0 Å². The van der Waals surface area contributed by atoms with Crippen LogP contribution in [0.5, 0.6) is 11.5 Å². The Bertz CT molecular complexity index is 943. The van der Waals surface area contributed by atoms with E-state index in [1.54, 1.807) is 18.2 Å². The minimum absolute atomic E-state index is 0.0628. The molecule has 0 saturated carbocycles. The smallest absolute Gasteiger partial charge is 0.163 e. The maximum absolute atomic E-state index is 11.8. The van der Waals surface area contributed by atoms with E-state index in [1.807, 2.05) is 18.2 Å². The number of ether oxygens (including phenoxy) is 2. The molecule has 0 amide bonds. The Balaban J connectivity index is 1.28. The Hall–Kier alpha value is -1.60. The molecule has 2 aliphatic rings. The Kier molecular flexibility index (Phi) is 6.39. The van der Waals surface area contributed by atoms with E-state index >= 15 is 0 Å². The molecule has 4 rings (SSSR count). The minimum Gasteiger partial charge on any atom is -0.490 e. The maximum Gasteiger partial charge on any atom is 0.163 e. The highest BCUT2D eigenvalue weighted by Gasteiger charge is 2.42. The molecule has 2 heterocycles. The van der Waals surface area contributed by atoms with Gasteiger partial charge in [-0.1, -0.05) is 27.5 Å². The number of nitrogens with zero attached hydrogens (tertiary/aromatic N) is 1. The summed E-state index contributed by atoms with van der Waals surface area (Å²) in [6.45, 7) is 3.88. The quantitative estimate of drug-likeness (QED) is 0.599. The number of fused-ring (bicyclic) bond motifs is 1. The first kappa shape index (κ1) is 21.6. The first-order valence-corrected chi connectivity index (χ1v) is 11.3. The molecular formula is C23H25BrClNO4. The maximum atomic E-state index is 11.8. The van der Waals surface area contributed by atoms with Gasteiger partial charge in [0.2, 0.25) is 0 Å². The molecule has 1 atom stereocenters. The predicted octanol–water partition coefficient (Wildman–Crippen LogP) is 4.51. The monoisotopic (exact) mass is 493 g/mol. The molecule has 1 spiro atoms. The number of benzene rings is 2. The third-order valence-corrected chi connectivity index (χ3v) is 6.58. The second kappa shape index (κ2) is 8.87. The van der Waals surface area contributed by atoms with Crippen molar-refractivity contribution in [3.05, 3.63) is 57.0 Å². The third-order valence-electron chi connectivity index (χ3n) is 5.85. The van der Waals surface area contributed by atoms with Gasteiger partial charge in [-0.2, -0.15) is 0 Å². The van der Waals surface area contributed by atoms with Gasteiger partial charge in [-0.05, 0) is 48.9 Å². The van der Waals surface area contributed by atoms with Gasteiger partial charge in [-0.3, -0.25) is 4.79 Å². The van der Waals surface area contributed by atoms with Gasteiger partial charge in [-0.25, -0.2) is 0 Å². The largest absolute Gasteiger partial charge is 0.490 e. The molecular weight excluding hydrogens is 470 g/mol. The predicted molar refractivity (Wildman–Crippen MR) is 120 cm³/mol. The molecule has 2 aromatic carbocycles. The number of β-amino-alcohol motifs (C(OH)–C–C–N with tert-alkyl or cyclic N) is 1. The number of aliphatic hydroxyl groups is 1. The minimum atomic E-state index is -0.640. The number of hydrogen-bond donors (Lipinski definition) is 1. The van der Waals surface area contributed by atoms with Crippen LogP contribution in [0.25, 0.3) is 0 Å². The number of aliphatic hydroxyl groups excluding tert-OH is 1. The fraction of sp³-hybridized carbons (Fsp3) is 0.435. The number of piperidine rings is 1. The lowest BCUT2D eigenvalue weighted by Crippen LogP contribution is -2.49. The van der Waals surface area contributed by atoms with E-state index in [0.717, 1.165) is 47.6 Å². The number of carbonyl (C=O) groups is 1. The summed E-state index contributed by atoms with van der Waals surface area (Å²) >= 11 is 9.51. The van der Waals surface area contributed by atoms with E-state index in [9.17, 15) is 9.90 Å². The van der Waals surface area contributed by atoms with Gasteiger partial charge in [-0.15, -0.1) is 0 Å². The Morgan fingerprint density at radius 2 is 2.07 bits per heavy atom. The topological polar surface area (TPSA) is 59.0 Å². The fourth-order valence-electron chi connectivity index (χ4n) is 4.27. The summed E-state index contributed by atoms with van der Waals surface area (Å²) in [7, 11) is 0. The SMILES string of the molecule is CC(=O)c1ccc(Br)cc1OC[C@H](O)CN1CCC2(CC1)Cc1cc(Cl)ccc1O2. The van der Waals surface area contributed by atoms with Gasteiger partial charge >= 0.3 is 0 Å². The normalized spacial score (nSPS) is 18.7. The van der Waals surface area contributed by atoms with Crippen molar-refractivity contribution in [2.75, 3.05) is 26.2 Å². The highest BCUT2D eigenvalue weighted by molar-refractivity contribution is 9.10. The summed E-state index contributed by atoms with van der Waals surface area (Å²) < 4.78 is 12.9. The van der Waals surface area contributed by atoms with Crippen LogP contribution >= 0.6 is 27.5 Å². The summed E-state index contributed by atoms with van der Waals surface area (Å²) in [6, 6.07) is 11.1. The Morgan fingerprint density at radius 3 is 2.80 bits per heavy atom. The molecule has 2 aliphatic heterocycles. The zero-order valence-corrected chi connectivity index (χ0v) is 19.2. The number of rotatable bonds is 6. The molecule has 0 aromatic heterocycles. The molecule has 160 valence electrons. The fourth-order valence-corrected chi connectivity index (χ4v) is 4.80. The lowest BCUT2D eigenvalue weighted by molar-refractivity contribution is -0.00199. The molecule has 0 unspecified atom stereocenters. The van der Waals surface area contributed by atoms with Gasteiger partial charge in [0.1, 0.15) is 29.8 Å². The standard InChI is InChI=1S/C23H25BrClNO4/c1-15(27)20-4-2-17(24)11-22(20)29-14-19(28)13-26-8-6-23(7-9-26)12-16-10-18(25)3-5-21(16)30-23/h2-5,10-11,19,28H,6-9,12-14H2,1H3/t19-/m1/s1. The summed E-state index contributed by atoms with van der Waals surface area (Å²) in [5.41, 5.74) is 1.54. The van der Waals surface area contributed by atoms with Gasteiger partial charge < -0.3 is 19.5 Å². The lowest BCUT2D eigenvalue weighted by Gasteiger charge is -2.39. The molecule has 7 heteroatoms. The van der Waals surface area contributed by atoms with Crippen molar-refractivity contribution in [1.29, 1.82) is 0 Å². The van der Waals surface area contributed by atoms with Crippen molar-refractivity contribution in [3.8, 4) is 11.5 Å². The molecule has 1 N–H and O–H groups in total. The highest BCUT2D eigenvalue weighted by atomic mass is 79.9. The molecule has 1 fully saturated rings. The number of Topliss-reactive ketones (excluding diaryl/α,β-unsaturated/α-hetero) is 1. The Labute approximate surface area is 190 Å². The van der Waals surface area contributed by atoms with Crippen molar-refractivity contribution in [1.82, 2.24) is 4.90 Å². The average molecular weight is 495 g/mol. The van der Waals surface area contributed by atoms with E-state index in [0.29, 0.717) is 17.9 Å². The number of likely N-dealkylation sites (tertiary alicyclic amines) is 1. The summed E-state index contributed by atoms with van der Waals surface area (Å²) in [5.74, 6) is 1.37. The number of carbonyl (C=O) groups excluding carboxylic acids is 1.